The van der Waals surface area contributed by atoms with Crippen LogP contribution in [0.4, 0.5) is 0 Å². The quantitative estimate of drug-likeness (QED) is 0.799. The van der Waals surface area contributed by atoms with E-state index in [4.69, 9.17) is 9.26 Å². The summed E-state index contributed by atoms with van der Waals surface area (Å²) in [5, 5.41) is 16.5. The molecule has 0 bridgehead atoms. The number of ether oxygens (including phenoxy) is 1. The molecule has 96 valence electrons. The van der Waals surface area contributed by atoms with Crippen molar-refractivity contribution in [1.82, 2.24) is 15.5 Å². The Bertz CT molecular complexity index is 337. The number of hydrogen-bond acceptors (Lipinski definition) is 6. The average Bonchev–Trinajstić information content (AvgIpc) is 2.94. The fourth-order valence-corrected chi connectivity index (χ4v) is 2.04. The molecule has 0 spiro atoms. The van der Waals surface area contributed by atoms with Gasteiger partial charge in [-0.15, -0.1) is 0 Å². The Hall–Kier alpha value is -0.980. The Kier molecular flexibility index (Phi) is 4.09. The summed E-state index contributed by atoms with van der Waals surface area (Å²) in [6, 6.07) is -0.0367. The normalized spacial score (nSPS) is 26.3. The minimum Gasteiger partial charge on any atom is -0.392 e. The van der Waals surface area contributed by atoms with Crippen molar-refractivity contribution < 1.29 is 14.4 Å². The molecule has 1 aromatic heterocycles. The van der Waals surface area contributed by atoms with Gasteiger partial charge in [0.2, 0.25) is 11.7 Å². The van der Waals surface area contributed by atoms with Crippen molar-refractivity contribution in [1.29, 1.82) is 0 Å². The van der Waals surface area contributed by atoms with E-state index in [1.807, 2.05) is 0 Å². The van der Waals surface area contributed by atoms with Crippen molar-refractivity contribution in [2.75, 3.05) is 13.7 Å². The molecule has 2 rings (SSSR count). The number of aliphatic hydroxyl groups is 1. The van der Waals surface area contributed by atoms with Crippen molar-refractivity contribution in [2.24, 2.45) is 0 Å². The van der Waals surface area contributed by atoms with Gasteiger partial charge in [0, 0.05) is 13.7 Å². The van der Waals surface area contributed by atoms with E-state index in [1.165, 1.54) is 0 Å². The van der Waals surface area contributed by atoms with E-state index in [-0.39, 0.29) is 18.2 Å². The first-order valence-electron chi connectivity index (χ1n) is 6.02. The molecule has 0 aliphatic carbocycles. The van der Waals surface area contributed by atoms with E-state index in [2.05, 4.69) is 22.4 Å². The highest BCUT2D eigenvalue weighted by Crippen LogP contribution is 2.25. The summed E-state index contributed by atoms with van der Waals surface area (Å²) in [7, 11) is 1.65. The number of nitrogens with zero attached hydrogens (tertiary/aromatic N) is 2. The van der Waals surface area contributed by atoms with Crippen LogP contribution < -0.4 is 5.32 Å². The highest BCUT2D eigenvalue weighted by Gasteiger charge is 2.29. The zero-order chi connectivity index (χ0) is 12.3. The predicted molar refractivity (Wildman–Crippen MR) is 60.3 cm³/mol. The maximum atomic E-state index is 9.43. The molecule has 2 unspecified atom stereocenters. The van der Waals surface area contributed by atoms with Crippen LogP contribution in [0, 0.1) is 0 Å². The lowest BCUT2D eigenvalue weighted by Gasteiger charge is -2.08. The molecule has 17 heavy (non-hydrogen) atoms. The summed E-state index contributed by atoms with van der Waals surface area (Å²) in [6.45, 7) is 2.66. The van der Waals surface area contributed by atoms with E-state index < -0.39 is 0 Å². The van der Waals surface area contributed by atoms with E-state index in [0.717, 1.165) is 12.8 Å². The van der Waals surface area contributed by atoms with Crippen LogP contribution in [-0.2, 0) is 4.74 Å². The summed E-state index contributed by atoms with van der Waals surface area (Å²) in [5.74, 6) is 1.13. The van der Waals surface area contributed by atoms with Crippen LogP contribution in [-0.4, -0.2) is 35.0 Å². The third-order valence-electron chi connectivity index (χ3n) is 2.99. The third kappa shape index (κ3) is 2.83. The van der Waals surface area contributed by atoms with Gasteiger partial charge in [0.15, 0.2) is 0 Å². The molecule has 0 aromatic carbocycles. The molecule has 6 nitrogen and oxygen atoms in total. The molecule has 0 radical (unpaired) electrons. The number of hydrogen-bond donors (Lipinski definition) is 2. The van der Waals surface area contributed by atoms with E-state index in [1.54, 1.807) is 7.11 Å². The molecule has 2 N–H and O–H groups in total. The van der Waals surface area contributed by atoms with Crippen LogP contribution in [0.5, 0.6) is 0 Å². The Labute approximate surface area is 100 Å². The summed E-state index contributed by atoms with van der Waals surface area (Å²) in [4.78, 5) is 4.34. The third-order valence-corrected chi connectivity index (χ3v) is 2.99. The molecule has 1 fully saturated rings. The van der Waals surface area contributed by atoms with Gasteiger partial charge in [-0.1, -0.05) is 18.5 Å². The zero-order valence-electron chi connectivity index (χ0n) is 10.2. The zero-order valence-corrected chi connectivity index (χ0v) is 10.2. The maximum Gasteiger partial charge on any atom is 0.243 e. The van der Waals surface area contributed by atoms with Crippen LogP contribution in [0.15, 0.2) is 4.52 Å². The Morgan fingerprint density at radius 1 is 1.65 bits per heavy atom. The van der Waals surface area contributed by atoms with Crippen LogP contribution in [0.25, 0.3) is 0 Å². The number of aromatic nitrogens is 2. The first kappa shape index (κ1) is 12.5. The molecule has 1 aliphatic heterocycles. The summed E-state index contributed by atoms with van der Waals surface area (Å²) >= 11 is 0. The lowest BCUT2D eigenvalue weighted by molar-refractivity contribution is 0.0854. The Balaban J connectivity index is 2.04. The lowest BCUT2D eigenvalue weighted by Crippen LogP contribution is -2.15. The van der Waals surface area contributed by atoms with Gasteiger partial charge in [0.1, 0.15) is 6.10 Å². The second-order valence-corrected chi connectivity index (χ2v) is 4.35. The fourth-order valence-electron chi connectivity index (χ4n) is 2.04. The number of β-amino-alcohol motifs (C(OH)–C–C–N with tert-alkyl or cyclic N) is 1. The van der Waals surface area contributed by atoms with Crippen LogP contribution in [0.2, 0.25) is 0 Å². The first-order chi connectivity index (χ1) is 8.24. The van der Waals surface area contributed by atoms with Gasteiger partial charge in [0.05, 0.1) is 12.1 Å². The van der Waals surface area contributed by atoms with Gasteiger partial charge in [0.25, 0.3) is 0 Å². The second-order valence-electron chi connectivity index (χ2n) is 4.35. The van der Waals surface area contributed by atoms with Gasteiger partial charge < -0.3 is 19.7 Å². The summed E-state index contributed by atoms with van der Waals surface area (Å²) < 4.78 is 10.5. The summed E-state index contributed by atoms with van der Waals surface area (Å²) in [5.41, 5.74) is 0. The van der Waals surface area contributed by atoms with Crippen molar-refractivity contribution in [3.05, 3.63) is 11.7 Å². The van der Waals surface area contributed by atoms with Crippen LogP contribution >= 0.6 is 0 Å². The molecule has 1 aliphatic rings. The van der Waals surface area contributed by atoms with Crippen LogP contribution in [0.1, 0.15) is 50.0 Å². The highest BCUT2D eigenvalue weighted by molar-refractivity contribution is 4.99. The SMILES string of the molecule is CCCC(OC)c1noc([C@@H]2CC(O)CN2)n1. The largest absolute Gasteiger partial charge is 0.392 e. The van der Waals surface area contributed by atoms with Crippen molar-refractivity contribution >= 4 is 0 Å². The molecule has 6 heteroatoms. The Morgan fingerprint density at radius 2 is 2.47 bits per heavy atom. The van der Waals surface area contributed by atoms with E-state index in [0.29, 0.717) is 24.7 Å². The first-order valence-corrected chi connectivity index (χ1v) is 6.02. The number of nitrogens with one attached hydrogen (secondary N) is 1. The van der Waals surface area contributed by atoms with Gasteiger partial charge in [-0.2, -0.15) is 4.98 Å². The van der Waals surface area contributed by atoms with Crippen molar-refractivity contribution in [3.8, 4) is 0 Å². The average molecular weight is 241 g/mol. The Morgan fingerprint density at radius 3 is 3.06 bits per heavy atom. The standard InChI is InChI=1S/C11H19N3O3/c1-3-4-9(16-2)10-13-11(17-14-10)8-5-7(15)6-12-8/h7-9,12,15H,3-6H2,1-2H3/t7?,8-,9?/m0/s1. The molecular weight excluding hydrogens is 222 g/mol. The molecule has 3 atom stereocenters. The van der Waals surface area contributed by atoms with E-state index in [9.17, 15) is 5.11 Å². The molecule has 1 saturated heterocycles. The molecule has 1 aromatic rings. The molecule has 0 saturated carbocycles. The maximum absolute atomic E-state index is 9.43. The minimum atomic E-state index is -0.329. The monoisotopic (exact) mass is 241 g/mol. The van der Waals surface area contributed by atoms with Gasteiger partial charge in [-0.3, -0.25) is 0 Å². The molecule has 2 heterocycles. The number of methoxy groups -OCH3 is 1. The molecule has 0 amide bonds. The van der Waals surface area contributed by atoms with Crippen molar-refractivity contribution in [2.45, 2.75) is 44.4 Å². The van der Waals surface area contributed by atoms with E-state index >= 15 is 0 Å². The number of rotatable bonds is 5. The van der Waals surface area contributed by atoms with Crippen molar-refractivity contribution in [3.63, 3.8) is 0 Å². The van der Waals surface area contributed by atoms with Gasteiger partial charge >= 0.3 is 0 Å². The number of aliphatic hydroxyl groups excluding tert-OH is 1. The van der Waals surface area contributed by atoms with Gasteiger partial charge in [-0.05, 0) is 12.8 Å². The molecular formula is C11H19N3O3. The van der Waals surface area contributed by atoms with Gasteiger partial charge in [-0.25, -0.2) is 0 Å². The summed E-state index contributed by atoms with van der Waals surface area (Å²) in [6.07, 6.45) is 2.06. The predicted octanol–water partition coefficient (Wildman–Crippen LogP) is 0.952. The lowest BCUT2D eigenvalue weighted by atomic mass is 10.2. The minimum absolute atomic E-state index is 0.0367. The second kappa shape index (κ2) is 5.57. The topological polar surface area (TPSA) is 80.4 Å². The fraction of sp³-hybridized carbons (Fsp3) is 0.818. The van der Waals surface area contributed by atoms with Crippen LogP contribution in [0.3, 0.4) is 0 Å². The highest BCUT2D eigenvalue weighted by atomic mass is 16.5. The smallest absolute Gasteiger partial charge is 0.243 e.